The molecule has 2 N–H and O–H groups in total. The van der Waals surface area contributed by atoms with Gasteiger partial charge in [0, 0.05) is 25.6 Å². The molecule has 3 aromatic rings. The molecule has 1 aromatic heterocycles. The van der Waals surface area contributed by atoms with Crippen LogP contribution in [0.2, 0.25) is 0 Å². The summed E-state index contributed by atoms with van der Waals surface area (Å²) < 4.78 is 12.1. The summed E-state index contributed by atoms with van der Waals surface area (Å²) in [6, 6.07) is 16.1. The molecule has 1 saturated heterocycles. The molecule has 8 nitrogen and oxygen atoms in total. The number of aromatic nitrogens is 1. The zero-order valence-corrected chi connectivity index (χ0v) is 22.8. The van der Waals surface area contributed by atoms with E-state index in [1.165, 1.54) is 36.8 Å². The van der Waals surface area contributed by atoms with Gasteiger partial charge in [-0.25, -0.2) is 4.98 Å². The fourth-order valence-electron chi connectivity index (χ4n) is 4.49. The molecule has 2 atom stereocenters. The Balaban J connectivity index is 1.11. The maximum Gasteiger partial charge on any atom is 0.263 e. The third-order valence-corrected chi connectivity index (χ3v) is 7.92. The Morgan fingerprint density at radius 3 is 2.47 bits per heavy atom. The Labute approximate surface area is 227 Å². The van der Waals surface area contributed by atoms with Crippen molar-refractivity contribution in [2.45, 2.75) is 52.2 Å². The summed E-state index contributed by atoms with van der Waals surface area (Å²) in [5.74, 6) is 2.09. The summed E-state index contributed by atoms with van der Waals surface area (Å²) >= 11 is 1.17. The van der Waals surface area contributed by atoms with E-state index in [1.54, 1.807) is 6.92 Å². The van der Waals surface area contributed by atoms with Crippen LogP contribution < -0.4 is 25.0 Å². The van der Waals surface area contributed by atoms with Gasteiger partial charge in [0.2, 0.25) is 5.91 Å². The highest BCUT2D eigenvalue weighted by Crippen LogP contribution is 2.31. The van der Waals surface area contributed by atoms with Crippen molar-refractivity contribution in [3.05, 3.63) is 64.7 Å². The van der Waals surface area contributed by atoms with E-state index in [0.29, 0.717) is 15.7 Å². The Hall–Kier alpha value is -3.59. The molecule has 5 rings (SSSR count). The largest absolute Gasteiger partial charge is 0.493 e. The van der Waals surface area contributed by atoms with E-state index < -0.39 is 0 Å². The minimum atomic E-state index is -0.213. The lowest BCUT2D eigenvalue weighted by Gasteiger charge is -2.20. The number of rotatable bonds is 10. The smallest absolute Gasteiger partial charge is 0.263 e. The van der Waals surface area contributed by atoms with Crippen molar-refractivity contribution in [1.29, 1.82) is 0 Å². The van der Waals surface area contributed by atoms with Crippen LogP contribution in [-0.2, 0) is 4.79 Å². The van der Waals surface area contributed by atoms with Crippen molar-refractivity contribution in [2.75, 3.05) is 29.9 Å². The topological polar surface area (TPSA) is 92.8 Å². The fraction of sp³-hybridized carbons (Fsp3) is 0.414. The van der Waals surface area contributed by atoms with Crippen molar-refractivity contribution in [1.82, 2.24) is 10.3 Å². The number of anilines is 2. The lowest BCUT2D eigenvalue weighted by atomic mass is 10.1. The van der Waals surface area contributed by atoms with Gasteiger partial charge >= 0.3 is 0 Å². The molecule has 1 aliphatic heterocycles. The Morgan fingerprint density at radius 2 is 1.79 bits per heavy atom. The second-order valence-corrected chi connectivity index (χ2v) is 11.1. The molecule has 2 heterocycles. The third kappa shape index (κ3) is 6.64. The molecule has 2 aromatic carbocycles. The molecule has 200 valence electrons. The number of ether oxygens (including phenoxy) is 2. The summed E-state index contributed by atoms with van der Waals surface area (Å²) in [7, 11) is 0. The first-order valence-electron chi connectivity index (χ1n) is 13.1. The monoisotopic (exact) mass is 534 g/mol. The van der Waals surface area contributed by atoms with Gasteiger partial charge in [0.05, 0.1) is 24.9 Å². The molecule has 9 heteroatoms. The maximum absolute atomic E-state index is 12.8. The molecular formula is C29H34N4O4S. The average Bonchev–Trinajstić information content (AvgIpc) is 3.50. The highest BCUT2D eigenvalue weighted by molar-refractivity contribution is 7.17. The summed E-state index contributed by atoms with van der Waals surface area (Å²) in [6.45, 7) is 7.74. The normalized spacial score (nSPS) is 17.7. The second-order valence-electron chi connectivity index (χ2n) is 10.1. The molecular weight excluding hydrogens is 500 g/mol. The van der Waals surface area contributed by atoms with E-state index in [4.69, 9.17) is 9.47 Å². The number of benzene rings is 2. The van der Waals surface area contributed by atoms with Gasteiger partial charge < -0.3 is 25.0 Å². The van der Waals surface area contributed by atoms with Crippen molar-refractivity contribution in [3.8, 4) is 11.5 Å². The lowest BCUT2D eigenvalue weighted by molar-refractivity contribution is -0.114. The van der Waals surface area contributed by atoms with E-state index in [-0.39, 0.29) is 24.0 Å². The minimum absolute atomic E-state index is 0.121. The van der Waals surface area contributed by atoms with Crippen molar-refractivity contribution < 1.29 is 19.1 Å². The number of carbonyl (C=O) groups excluding carboxylic acids is 2. The molecule has 2 fully saturated rings. The van der Waals surface area contributed by atoms with E-state index in [2.05, 4.69) is 44.8 Å². The van der Waals surface area contributed by atoms with Crippen LogP contribution in [0, 0.1) is 12.8 Å². The predicted molar refractivity (Wildman–Crippen MR) is 149 cm³/mol. The highest BCUT2D eigenvalue weighted by Gasteiger charge is 2.25. The predicted octanol–water partition coefficient (Wildman–Crippen LogP) is 5.35. The van der Waals surface area contributed by atoms with Gasteiger partial charge in [-0.3, -0.25) is 9.59 Å². The van der Waals surface area contributed by atoms with E-state index in [0.717, 1.165) is 49.1 Å². The summed E-state index contributed by atoms with van der Waals surface area (Å²) in [5.41, 5.74) is 2.76. The highest BCUT2D eigenvalue weighted by atomic mass is 32.1. The third-order valence-electron chi connectivity index (χ3n) is 6.85. The average molecular weight is 535 g/mol. The first kappa shape index (κ1) is 26.0. The number of amides is 2. The van der Waals surface area contributed by atoms with Crippen LogP contribution in [0.4, 0.5) is 10.8 Å². The van der Waals surface area contributed by atoms with Crippen LogP contribution in [0.3, 0.4) is 0 Å². The molecule has 1 aliphatic carbocycles. The summed E-state index contributed by atoms with van der Waals surface area (Å²) in [6.07, 6.45) is 3.67. The fourth-order valence-corrected chi connectivity index (χ4v) is 5.41. The van der Waals surface area contributed by atoms with E-state index >= 15 is 0 Å². The van der Waals surface area contributed by atoms with Crippen LogP contribution in [-0.4, -0.2) is 42.6 Å². The van der Waals surface area contributed by atoms with E-state index in [9.17, 15) is 9.59 Å². The first-order chi connectivity index (χ1) is 18.3. The molecule has 1 unspecified atom stereocenters. The molecule has 0 bridgehead atoms. The van der Waals surface area contributed by atoms with Gasteiger partial charge in [0.1, 0.15) is 22.5 Å². The Kier molecular flexibility index (Phi) is 7.83. The summed E-state index contributed by atoms with van der Waals surface area (Å²) in [4.78, 5) is 31.2. The van der Waals surface area contributed by atoms with Crippen LogP contribution in [0.1, 0.15) is 60.1 Å². The quantitative estimate of drug-likeness (QED) is 0.364. The zero-order valence-electron chi connectivity index (χ0n) is 22.0. The Morgan fingerprint density at radius 1 is 1.08 bits per heavy atom. The van der Waals surface area contributed by atoms with Crippen LogP contribution >= 0.6 is 11.3 Å². The molecule has 2 aliphatic rings. The standard InChI is InChI=1S/C29H34N4O4S/c1-18(30-28(35)27-19(2)31-29(38-27)32-20(3)34)22-6-10-25(11-7-22)37-26-14-15-33(16-26)23-8-12-24(13-9-23)36-17-21-4-5-21/h6-13,18,21,26H,4-5,14-17H2,1-3H3,(H,30,35)(H,31,32,34)/t18-,26?/m0/s1. The number of hydrogen-bond donors (Lipinski definition) is 2. The lowest BCUT2D eigenvalue weighted by Crippen LogP contribution is -2.26. The van der Waals surface area contributed by atoms with Crippen molar-refractivity contribution >= 4 is 34.0 Å². The van der Waals surface area contributed by atoms with Gasteiger partial charge in [0.15, 0.2) is 5.13 Å². The number of aryl methyl sites for hydroxylation is 1. The van der Waals surface area contributed by atoms with E-state index in [1.807, 2.05) is 31.2 Å². The van der Waals surface area contributed by atoms with Crippen molar-refractivity contribution in [2.24, 2.45) is 5.92 Å². The number of nitrogens with zero attached hydrogens (tertiary/aromatic N) is 2. The van der Waals surface area contributed by atoms with Crippen LogP contribution in [0.5, 0.6) is 11.5 Å². The minimum Gasteiger partial charge on any atom is -0.493 e. The number of hydrogen-bond acceptors (Lipinski definition) is 7. The maximum atomic E-state index is 12.8. The van der Waals surface area contributed by atoms with Gasteiger partial charge in [-0.05, 0) is 74.6 Å². The van der Waals surface area contributed by atoms with Gasteiger partial charge in [-0.15, -0.1) is 0 Å². The number of nitrogens with one attached hydrogen (secondary N) is 2. The van der Waals surface area contributed by atoms with Crippen LogP contribution in [0.25, 0.3) is 0 Å². The molecule has 0 spiro atoms. The summed E-state index contributed by atoms with van der Waals surface area (Å²) in [5, 5.41) is 6.08. The van der Waals surface area contributed by atoms with Gasteiger partial charge in [-0.1, -0.05) is 23.5 Å². The molecule has 0 radical (unpaired) electrons. The zero-order chi connectivity index (χ0) is 26.6. The van der Waals surface area contributed by atoms with Gasteiger partial charge in [0.25, 0.3) is 5.91 Å². The molecule has 2 amide bonds. The molecule has 1 saturated carbocycles. The molecule has 38 heavy (non-hydrogen) atoms. The van der Waals surface area contributed by atoms with Crippen molar-refractivity contribution in [3.63, 3.8) is 0 Å². The van der Waals surface area contributed by atoms with Gasteiger partial charge in [-0.2, -0.15) is 0 Å². The second kappa shape index (κ2) is 11.4. The Bertz CT molecular complexity index is 1270. The first-order valence-corrected chi connectivity index (χ1v) is 14.0. The number of carbonyl (C=O) groups is 2. The number of thiazole rings is 1. The SMILES string of the molecule is CC(=O)Nc1nc(C)c(C(=O)N[C@@H](C)c2ccc(OC3CCN(c4ccc(OCC5CC5)cc4)C3)cc2)s1. The van der Waals surface area contributed by atoms with Crippen LogP contribution in [0.15, 0.2) is 48.5 Å².